The first kappa shape index (κ1) is 22.8. The highest BCUT2D eigenvalue weighted by molar-refractivity contribution is 6.16. The predicted molar refractivity (Wildman–Crippen MR) is 131 cm³/mol. The van der Waals surface area contributed by atoms with E-state index in [4.69, 9.17) is 23.7 Å². The molecule has 2 aliphatic heterocycles. The molecule has 180 valence electrons. The number of ether oxygens (including phenoxy) is 5. The molecule has 0 saturated carbocycles. The minimum Gasteiger partial charge on any atom is -0.496 e. The Morgan fingerprint density at radius 1 is 0.971 bits per heavy atom. The average molecular weight is 474 g/mol. The number of hydrogen-bond acceptors (Lipinski definition) is 7. The molecule has 0 atom stereocenters. The second-order valence-electron chi connectivity index (χ2n) is 8.50. The Bertz CT molecular complexity index is 1330. The Morgan fingerprint density at radius 3 is 2.51 bits per heavy atom. The van der Waals surface area contributed by atoms with Gasteiger partial charge in [0.25, 0.3) is 0 Å². The topological polar surface area (TPSA) is 66.5 Å². The molecule has 7 nitrogen and oxygen atoms in total. The number of Topliss-reactive ketones (excluding diaryl/α,β-unsaturated/α-hetero) is 1. The Labute approximate surface area is 204 Å². The third-order valence-electron chi connectivity index (χ3n) is 6.28. The number of carbonyl (C=O) groups excluding carboxylic acids is 1. The number of ketones is 1. The highest BCUT2D eigenvalue weighted by atomic mass is 16.5. The molecular weight excluding hydrogens is 446 g/mol. The third kappa shape index (κ3) is 4.19. The summed E-state index contributed by atoms with van der Waals surface area (Å²) < 4.78 is 28.5. The number of nitrogens with zero attached hydrogens (tertiary/aromatic N) is 1. The van der Waals surface area contributed by atoms with Gasteiger partial charge in [-0.05, 0) is 48.4 Å². The average Bonchev–Trinajstić information content (AvgIpc) is 3.21. The van der Waals surface area contributed by atoms with Gasteiger partial charge < -0.3 is 23.7 Å². The number of rotatable bonds is 6. The number of allylic oxidation sites excluding steroid dienone is 1. The molecule has 0 saturated heterocycles. The number of fused-ring (bicyclic) bond motifs is 3. The van der Waals surface area contributed by atoms with Crippen molar-refractivity contribution in [1.82, 2.24) is 4.90 Å². The van der Waals surface area contributed by atoms with Crippen molar-refractivity contribution in [2.24, 2.45) is 0 Å². The molecule has 0 radical (unpaired) electrons. The quantitative estimate of drug-likeness (QED) is 0.467. The molecule has 3 aromatic carbocycles. The molecule has 0 bridgehead atoms. The van der Waals surface area contributed by atoms with Crippen molar-refractivity contribution < 1.29 is 28.5 Å². The van der Waals surface area contributed by atoms with E-state index in [-0.39, 0.29) is 11.5 Å². The van der Waals surface area contributed by atoms with E-state index < -0.39 is 0 Å². The van der Waals surface area contributed by atoms with Crippen LogP contribution >= 0.6 is 0 Å². The highest BCUT2D eigenvalue weighted by Gasteiger charge is 2.35. The van der Waals surface area contributed by atoms with Crippen molar-refractivity contribution in [1.29, 1.82) is 0 Å². The second-order valence-corrected chi connectivity index (χ2v) is 8.50. The fourth-order valence-corrected chi connectivity index (χ4v) is 4.55. The number of para-hydroxylation sites is 1. The molecule has 5 rings (SSSR count). The molecule has 7 heteroatoms. The number of carbonyl (C=O) groups is 1. The summed E-state index contributed by atoms with van der Waals surface area (Å²) >= 11 is 0. The molecule has 0 aliphatic carbocycles. The summed E-state index contributed by atoms with van der Waals surface area (Å²) in [7, 11) is 4.83. The lowest BCUT2D eigenvalue weighted by molar-refractivity contribution is 0.0864. The number of aryl methyl sites for hydroxylation is 1. The Kier molecular flexibility index (Phi) is 6.09. The largest absolute Gasteiger partial charge is 0.496 e. The standard InChI is InChI=1S/C28H27NO6/c1-17-11-23-20(15-29(16-34-23)14-19-7-5-6-8-21(19)31-2)28-26(17)27(30)25(35-28)13-18-9-10-22(32-3)24(12-18)33-4/h5-13H,14-16H2,1-4H3/b25-13-. The van der Waals surface area contributed by atoms with E-state index in [9.17, 15) is 4.79 Å². The summed E-state index contributed by atoms with van der Waals surface area (Å²) in [4.78, 5) is 15.5. The molecule has 3 aromatic rings. The van der Waals surface area contributed by atoms with Gasteiger partial charge in [-0.25, -0.2) is 0 Å². The van der Waals surface area contributed by atoms with Gasteiger partial charge in [0.15, 0.2) is 17.3 Å². The van der Waals surface area contributed by atoms with Crippen LogP contribution in [0.3, 0.4) is 0 Å². The van der Waals surface area contributed by atoms with Crippen LogP contribution in [0.25, 0.3) is 6.08 Å². The fraction of sp³-hybridized carbons (Fsp3) is 0.250. The van der Waals surface area contributed by atoms with Crippen LogP contribution in [0.5, 0.6) is 28.7 Å². The first-order chi connectivity index (χ1) is 17.0. The molecule has 0 fully saturated rings. The van der Waals surface area contributed by atoms with Crippen molar-refractivity contribution in [2.75, 3.05) is 28.1 Å². The lowest BCUT2D eigenvalue weighted by Gasteiger charge is -2.30. The van der Waals surface area contributed by atoms with Crippen LogP contribution in [0.15, 0.2) is 54.3 Å². The lowest BCUT2D eigenvalue weighted by Crippen LogP contribution is -2.32. The minimum absolute atomic E-state index is 0.142. The van der Waals surface area contributed by atoms with Crippen molar-refractivity contribution in [2.45, 2.75) is 20.0 Å². The van der Waals surface area contributed by atoms with E-state index in [1.54, 1.807) is 33.5 Å². The Morgan fingerprint density at radius 2 is 1.74 bits per heavy atom. The maximum atomic E-state index is 13.3. The molecule has 0 spiro atoms. The first-order valence-electron chi connectivity index (χ1n) is 11.3. The Balaban J connectivity index is 1.45. The molecule has 0 amide bonds. The van der Waals surface area contributed by atoms with E-state index >= 15 is 0 Å². The summed E-state index contributed by atoms with van der Waals surface area (Å²) in [6.07, 6.45) is 1.73. The molecule has 2 aliphatic rings. The fourth-order valence-electron chi connectivity index (χ4n) is 4.55. The van der Waals surface area contributed by atoms with Gasteiger partial charge in [-0.3, -0.25) is 9.69 Å². The maximum absolute atomic E-state index is 13.3. The zero-order valence-electron chi connectivity index (χ0n) is 20.2. The normalized spacial score (nSPS) is 15.8. The van der Waals surface area contributed by atoms with Crippen LogP contribution in [-0.4, -0.2) is 38.7 Å². The van der Waals surface area contributed by atoms with E-state index in [0.717, 1.165) is 33.8 Å². The zero-order chi connectivity index (χ0) is 24.5. The van der Waals surface area contributed by atoms with E-state index in [2.05, 4.69) is 4.90 Å². The highest BCUT2D eigenvalue weighted by Crippen LogP contribution is 2.44. The summed E-state index contributed by atoms with van der Waals surface area (Å²) in [5.74, 6) is 3.48. The molecular formula is C28H27NO6. The van der Waals surface area contributed by atoms with Gasteiger partial charge in [-0.2, -0.15) is 0 Å². The molecule has 35 heavy (non-hydrogen) atoms. The number of methoxy groups -OCH3 is 3. The van der Waals surface area contributed by atoms with Crippen LogP contribution in [0.4, 0.5) is 0 Å². The summed E-state index contributed by atoms with van der Waals surface area (Å²) in [5.41, 5.74) is 4.13. The molecule has 0 unspecified atom stereocenters. The van der Waals surface area contributed by atoms with Gasteiger partial charge in [0.2, 0.25) is 5.78 Å². The van der Waals surface area contributed by atoms with Crippen molar-refractivity contribution in [3.63, 3.8) is 0 Å². The number of benzene rings is 3. The second kappa shape index (κ2) is 9.35. The van der Waals surface area contributed by atoms with Crippen LogP contribution < -0.4 is 23.7 Å². The van der Waals surface area contributed by atoms with E-state index in [0.29, 0.717) is 42.6 Å². The van der Waals surface area contributed by atoms with Gasteiger partial charge >= 0.3 is 0 Å². The van der Waals surface area contributed by atoms with E-state index in [1.165, 1.54) is 0 Å². The summed E-state index contributed by atoms with van der Waals surface area (Å²) in [6.45, 7) is 3.58. The van der Waals surface area contributed by atoms with Crippen molar-refractivity contribution >= 4 is 11.9 Å². The summed E-state index contributed by atoms with van der Waals surface area (Å²) in [5, 5.41) is 0. The first-order valence-corrected chi connectivity index (χ1v) is 11.3. The van der Waals surface area contributed by atoms with Crippen LogP contribution in [0.2, 0.25) is 0 Å². The minimum atomic E-state index is -0.142. The van der Waals surface area contributed by atoms with Crippen LogP contribution in [0.1, 0.15) is 32.6 Å². The maximum Gasteiger partial charge on any atom is 0.232 e. The van der Waals surface area contributed by atoms with Gasteiger partial charge in [0.1, 0.15) is 24.0 Å². The van der Waals surface area contributed by atoms with E-state index in [1.807, 2.05) is 49.4 Å². The lowest BCUT2D eigenvalue weighted by atomic mass is 9.98. The van der Waals surface area contributed by atoms with Gasteiger partial charge in [0.05, 0.1) is 32.5 Å². The number of hydrogen-bond donors (Lipinski definition) is 0. The Hall–Kier alpha value is -3.97. The van der Waals surface area contributed by atoms with Gasteiger partial charge in [-0.15, -0.1) is 0 Å². The predicted octanol–water partition coefficient (Wildman–Crippen LogP) is 4.99. The third-order valence-corrected chi connectivity index (χ3v) is 6.28. The van der Waals surface area contributed by atoms with Crippen molar-refractivity contribution in [3.05, 3.63) is 82.1 Å². The zero-order valence-corrected chi connectivity index (χ0v) is 20.2. The van der Waals surface area contributed by atoms with Crippen LogP contribution in [-0.2, 0) is 13.1 Å². The SMILES string of the molecule is COc1ccccc1CN1COc2cc(C)c3c(c2C1)O/C(=C\c1ccc(OC)c(OC)c1)C3=O. The van der Waals surface area contributed by atoms with Crippen molar-refractivity contribution in [3.8, 4) is 28.7 Å². The van der Waals surface area contributed by atoms with Gasteiger partial charge in [0, 0.05) is 18.7 Å². The summed E-state index contributed by atoms with van der Waals surface area (Å²) in [6, 6.07) is 15.3. The smallest absolute Gasteiger partial charge is 0.232 e. The van der Waals surface area contributed by atoms with Crippen LogP contribution in [0, 0.1) is 6.92 Å². The molecule has 0 N–H and O–H groups in total. The molecule has 2 heterocycles. The molecule has 0 aromatic heterocycles. The van der Waals surface area contributed by atoms with Gasteiger partial charge in [-0.1, -0.05) is 24.3 Å². The monoisotopic (exact) mass is 473 g/mol.